The fraction of sp³-hybridized carbons (Fsp3) is 0.125. The molecule has 2 aromatic rings. The summed E-state index contributed by atoms with van der Waals surface area (Å²) in [6.45, 7) is 0. The molecule has 4 nitrogen and oxygen atoms in total. The Bertz CT molecular complexity index is 611. The van der Waals surface area contributed by atoms with Crippen molar-refractivity contribution in [1.29, 1.82) is 0 Å². The van der Waals surface area contributed by atoms with E-state index in [-0.39, 0.29) is 5.91 Å². The van der Waals surface area contributed by atoms with E-state index in [1.807, 2.05) is 54.6 Å². The Kier molecular flexibility index (Phi) is 5.29. The van der Waals surface area contributed by atoms with Crippen molar-refractivity contribution in [2.45, 2.75) is 6.42 Å². The lowest BCUT2D eigenvalue weighted by Gasteiger charge is -2.11. The zero-order chi connectivity index (χ0) is 15.1. The standard InChI is InChI=1S/C16H17N3OS/c1-17-15(20)11-12-7-9-14(10-8-12)19-16(21)18-13-5-3-2-4-6-13/h2-10H,11H2,1H3,(H,17,20)(H2,18,19,21). The molecular weight excluding hydrogens is 282 g/mol. The molecule has 108 valence electrons. The highest BCUT2D eigenvalue weighted by molar-refractivity contribution is 7.80. The minimum absolute atomic E-state index is 0.00280. The number of benzene rings is 2. The third-order valence-corrected chi connectivity index (χ3v) is 3.09. The Balaban J connectivity index is 1.91. The predicted molar refractivity (Wildman–Crippen MR) is 90.5 cm³/mol. The Morgan fingerprint density at radius 3 is 2.10 bits per heavy atom. The molecule has 0 fully saturated rings. The molecule has 3 N–H and O–H groups in total. The second-order valence-corrected chi connectivity index (χ2v) is 4.90. The summed E-state index contributed by atoms with van der Waals surface area (Å²) in [6, 6.07) is 17.3. The third-order valence-electron chi connectivity index (χ3n) is 2.89. The van der Waals surface area contributed by atoms with Crippen molar-refractivity contribution in [3.8, 4) is 0 Å². The van der Waals surface area contributed by atoms with E-state index in [4.69, 9.17) is 12.2 Å². The van der Waals surface area contributed by atoms with Crippen LogP contribution in [0.3, 0.4) is 0 Å². The molecule has 0 aliphatic rings. The molecule has 0 aliphatic heterocycles. The number of amides is 1. The summed E-state index contributed by atoms with van der Waals surface area (Å²) in [7, 11) is 1.63. The zero-order valence-corrected chi connectivity index (χ0v) is 12.5. The van der Waals surface area contributed by atoms with Crippen LogP contribution in [0.1, 0.15) is 5.56 Å². The second-order valence-electron chi connectivity index (χ2n) is 4.49. The monoisotopic (exact) mass is 299 g/mol. The summed E-state index contributed by atoms with van der Waals surface area (Å²) in [6.07, 6.45) is 0.378. The van der Waals surface area contributed by atoms with Crippen molar-refractivity contribution in [2.24, 2.45) is 0 Å². The minimum Gasteiger partial charge on any atom is -0.359 e. The predicted octanol–water partition coefficient (Wildman–Crippen LogP) is 2.78. The number of nitrogens with one attached hydrogen (secondary N) is 3. The van der Waals surface area contributed by atoms with Gasteiger partial charge in [-0.2, -0.15) is 0 Å². The van der Waals surface area contributed by atoms with Crippen LogP contribution in [0.5, 0.6) is 0 Å². The molecule has 21 heavy (non-hydrogen) atoms. The van der Waals surface area contributed by atoms with Gasteiger partial charge >= 0.3 is 0 Å². The number of carbonyl (C=O) groups is 1. The number of hydrogen-bond acceptors (Lipinski definition) is 2. The van der Waals surface area contributed by atoms with Crippen LogP contribution >= 0.6 is 12.2 Å². The van der Waals surface area contributed by atoms with E-state index in [2.05, 4.69) is 16.0 Å². The molecule has 0 saturated carbocycles. The van der Waals surface area contributed by atoms with Crippen LogP contribution in [0.15, 0.2) is 54.6 Å². The van der Waals surface area contributed by atoms with Crippen LogP contribution < -0.4 is 16.0 Å². The van der Waals surface area contributed by atoms with Crippen molar-refractivity contribution >= 4 is 34.6 Å². The van der Waals surface area contributed by atoms with Gasteiger partial charge in [0, 0.05) is 18.4 Å². The molecule has 0 spiro atoms. The molecule has 0 saturated heterocycles. The van der Waals surface area contributed by atoms with Gasteiger partial charge in [-0.15, -0.1) is 0 Å². The smallest absolute Gasteiger partial charge is 0.224 e. The average molecular weight is 299 g/mol. The van der Waals surface area contributed by atoms with Crippen molar-refractivity contribution < 1.29 is 4.79 Å². The lowest BCUT2D eigenvalue weighted by atomic mass is 10.1. The normalized spacial score (nSPS) is 9.76. The number of rotatable bonds is 4. The van der Waals surface area contributed by atoms with Crippen molar-refractivity contribution in [3.63, 3.8) is 0 Å². The molecule has 2 aromatic carbocycles. The Morgan fingerprint density at radius 2 is 1.52 bits per heavy atom. The molecule has 0 radical (unpaired) electrons. The molecular formula is C16H17N3OS. The van der Waals surface area contributed by atoms with Gasteiger partial charge in [0.2, 0.25) is 5.91 Å². The summed E-state index contributed by atoms with van der Waals surface area (Å²) < 4.78 is 0. The summed E-state index contributed by atoms with van der Waals surface area (Å²) >= 11 is 5.25. The van der Waals surface area contributed by atoms with Crippen molar-refractivity contribution in [1.82, 2.24) is 5.32 Å². The van der Waals surface area contributed by atoms with Gasteiger partial charge in [-0.3, -0.25) is 4.79 Å². The minimum atomic E-state index is -0.00280. The van der Waals surface area contributed by atoms with Gasteiger partial charge in [0.1, 0.15) is 0 Å². The van der Waals surface area contributed by atoms with Crippen LogP contribution in [-0.2, 0) is 11.2 Å². The number of likely N-dealkylation sites (N-methyl/N-ethyl adjacent to an activating group) is 1. The summed E-state index contributed by atoms with van der Waals surface area (Å²) in [5, 5.41) is 9.34. The molecule has 0 bridgehead atoms. The van der Waals surface area contributed by atoms with Crippen LogP contribution in [0.25, 0.3) is 0 Å². The number of carbonyl (C=O) groups excluding carboxylic acids is 1. The molecule has 0 atom stereocenters. The van der Waals surface area contributed by atoms with Gasteiger partial charge in [-0.05, 0) is 42.0 Å². The quantitative estimate of drug-likeness (QED) is 0.760. The maximum atomic E-state index is 11.3. The fourth-order valence-corrected chi connectivity index (χ4v) is 2.03. The summed E-state index contributed by atoms with van der Waals surface area (Å²) in [5.41, 5.74) is 2.78. The van der Waals surface area contributed by atoms with Crippen molar-refractivity contribution in [2.75, 3.05) is 17.7 Å². The van der Waals surface area contributed by atoms with Crippen LogP contribution in [0.4, 0.5) is 11.4 Å². The second kappa shape index (κ2) is 7.40. The van der Waals surface area contributed by atoms with Gasteiger partial charge in [0.05, 0.1) is 6.42 Å². The number of para-hydroxylation sites is 1. The summed E-state index contributed by atoms with van der Waals surface area (Å²) in [5.74, 6) is -0.00280. The van der Waals surface area contributed by atoms with E-state index >= 15 is 0 Å². The Labute approximate surface area is 129 Å². The first-order valence-electron chi connectivity index (χ1n) is 6.60. The molecule has 0 aliphatic carbocycles. The molecule has 0 aromatic heterocycles. The zero-order valence-electron chi connectivity index (χ0n) is 11.7. The van der Waals surface area contributed by atoms with Gasteiger partial charge in [0.25, 0.3) is 0 Å². The van der Waals surface area contributed by atoms with Crippen LogP contribution in [0, 0.1) is 0 Å². The lowest BCUT2D eigenvalue weighted by Crippen LogP contribution is -2.20. The number of anilines is 2. The Hall–Kier alpha value is -2.40. The summed E-state index contributed by atoms with van der Waals surface area (Å²) in [4.78, 5) is 11.3. The highest BCUT2D eigenvalue weighted by Crippen LogP contribution is 2.11. The molecule has 0 unspecified atom stereocenters. The molecule has 0 heterocycles. The van der Waals surface area contributed by atoms with E-state index in [0.29, 0.717) is 11.5 Å². The largest absolute Gasteiger partial charge is 0.359 e. The maximum absolute atomic E-state index is 11.3. The first kappa shape index (κ1) is 15.0. The molecule has 2 rings (SSSR count). The fourth-order valence-electron chi connectivity index (χ4n) is 1.79. The number of hydrogen-bond donors (Lipinski definition) is 3. The third kappa shape index (κ3) is 4.89. The van der Waals surface area contributed by atoms with E-state index in [1.54, 1.807) is 7.05 Å². The van der Waals surface area contributed by atoms with Gasteiger partial charge in [-0.25, -0.2) is 0 Å². The highest BCUT2D eigenvalue weighted by atomic mass is 32.1. The van der Waals surface area contributed by atoms with Crippen molar-refractivity contribution in [3.05, 3.63) is 60.2 Å². The molecule has 5 heteroatoms. The van der Waals surface area contributed by atoms with Gasteiger partial charge < -0.3 is 16.0 Å². The Morgan fingerprint density at radius 1 is 0.952 bits per heavy atom. The van der Waals surface area contributed by atoms with Crippen LogP contribution in [-0.4, -0.2) is 18.1 Å². The molecule has 1 amide bonds. The first-order chi connectivity index (χ1) is 10.2. The topological polar surface area (TPSA) is 53.2 Å². The maximum Gasteiger partial charge on any atom is 0.224 e. The lowest BCUT2D eigenvalue weighted by molar-refractivity contribution is -0.119. The van der Waals surface area contributed by atoms with Gasteiger partial charge in [0.15, 0.2) is 5.11 Å². The van der Waals surface area contributed by atoms with Crippen LogP contribution in [0.2, 0.25) is 0 Å². The van der Waals surface area contributed by atoms with E-state index < -0.39 is 0 Å². The first-order valence-corrected chi connectivity index (χ1v) is 7.01. The average Bonchev–Trinajstić information content (AvgIpc) is 2.50. The van der Waals surface area contributed by atoms with Gasteiger partial charge in [-0.1, -0.05) is 30.3 Å². The SMILES string of the molecule is CNC(=O)Cc1ccc(NC(=S)Nc2ccccc2)cc1. The van der Waals surface area contributed by atoms with E-state index in [9.17, 15) is 4.79 Å². The van der Waals surface area contributed by atoms with E-state index in [1.165, 1.54) is 0 Å². The number of thiocarbonyl (C=S) groups is 1. The highest BCUT2D eigenvalue weighted by Gasteiger charge is 2.02. The van der Waals surface area contributed by atoms with E-state index in [0.717, 1.165) is 16.9 Å².